The highest BCUT2D eigenvalue weighted by atomic mass is 16.1. The molecule has 114 valence electrons. The average Bonchev–Trinajstić information content (AvgIpc) is 3.05. The summed E-state index contributed by atoms with van der Waals surface area (Å²) >= 11 is 0. The van der Waals surface area contributed by atoms with Gasteiger partial charge in [-0.3, -0.25) is 4.79 Å². The molecule has 1 N–H and O–H groups in total. The van der Waals surface area contributed by atoms with Crippen LogP contribution in [0.15, 0.2) is 54.2 Å². The van der Waals surface area contributed by atoms with E-state index in [1.165, 1.54) is 0 Å². The van der Waals surface area contributed by atoms with Crippen molar-refractivity contribution >= 4 is 22.8 Å². The van der Waals surface area contributed by atoms with Gasteiger partial charge in [-0.25, -0.2) is 0 Å². The predicted molar refractivity (Wildman–Crippen MR) is 92.1 cm³/mol. The van der Waals surface area contributed by atoms with Crippen molar-refractivity contribution in [3.63, 3.8) is 0 Å². The number of aromatic nitrogens is 1. The van der Waals surface area contributed by atoms with Crippen molar-refractivity contribution in [3.8, 4) is 12.1 Å². The molecule has 0 atom stereocenters. The standard InChI is InChI=1S/C20H13N3O/c1-13-3-2-4-18-19(13)17(12-23-18)20(24)16(11-22)9-14-5-7-15(10-21)8-6-14/h2-9,12,23H,1H3/b16-9-. The minimum Gasteiger partial charge on any atom is -0.360 e. The smallest absolute Gasteiger partial charge is 0.205 e. The van der Waals surface area contributed by atoms with E-state index in [0.717, 1.165) is 16.5 Å². The lowest BCUT2D eigenvalue weighted by molar-refractivity contribution is 0.104. The van der Waals surface area contributed by atoms with E-state index in [4.69, 9.17) is 5.26 Å². The SMILES string of the molecule is Cc1cccc2[nH]cc(C(=O)/C(C#N)=C\c3ccc(C#N)cc3)c12. The molecule has 0 amide bonds. The van der Waals surface area contributed by atoms with Gasteiger partial charge < -0.3 is 4.98 Å². The molecule has 0 saturated carbocycles. The minimum absolute atomic E-state index is 0.0591. The Kier molecular flexibility index (Phi) is 3.97. The van der Waals surface area contributed by atoms with E-state index < -0.39 is 0 Å². The molecule has 0 unspecified atom stereocenters. The zero-order valence-corrected chi connectivity index (χ0v) is 13.0. The van der Waals surface area contributed by atoms with E-state index >= 15 is 0 Å². The van der Waals surface area contributed by atoms with Gasteiger partial charge in [0.2, 0.25) is 5.78 Å². The first-order valence-electron chi connectivity index (χ1n) is 7.37. The number of H-pyrrole nitrogens is 1. The molecule has 0 aliphatic rings. The molecule has 0 aliphatic carbocycles. The van der Waals surface area contributed by atoms with E-state index in [1.807, 2.05) is 37.3 Å². The first-order chi connectivity index (χ1) is 11.6. The molecule has 0 bridgehead atoms. The molecule has 0 spiro atoms. The lowest BCUT2D eigenvalue weighted by Crippen LogP contribution is -2.01. The van der Waals surface area contributed by atoms with Gasteiger partial charge in [-0.1, -0.05) is 24.3 Å². The number of rotatable bonds is 3. The number of hydrogen-bond acceptors (Lipinski definition) is 3. The Morgan fingerprint density at radius 2 is 1.88 bits per heavy atom. The summed E-state index contributed by atoms with van der Waals surface area (Å²) in [5, 5.41) is 19.1. The molecule has 0 fully saturated rings. The van der Waals surface area contributed by atoms with Crippen molar-refractivity contribution in [2.24, 2.45) is 0 Å². The Morgan fingerprint density at radius 3 is 2.54 bits per heavy atom. The molecule has 3 aromatic rings. The van der Waals surface area contributed by atoms with Crippen LogP contribution in [-0.2, 0) is 0 Å². The fourth-order valence-electron chi connectivity index (χ4n) is 2.66. The van der Waals surface area contributed by atoms with Crippen LogP contribution in [0.2, 0.25) is 0 Å². The predicted octanol–water partition coefficient (Wildman–Crippen LogP) is 4.14. The number of ketones is 1. The van der Waals surface area contributed by atoms with Crippen molar-refractivity contribution in [1.29, 1.82) is 10.5 Å². The monoisotopic (exact) mass is 311 g/mol. The minimum atomic E-state index is -0.317. The maximum absolute atomic E-state index is 12.8. The number of hydrogen-bond donors (Lipinski definition) is 1. The molecule has 1 aromatic heterocycles. The van der Waals surface area contributed by atoms with E-state index in [2.05, 4.69) is 4.98 Å². The number of nitriles is 2. The number of benzene rings is 2. The Hall–Kier alpha value is -3.63. The van der Waals surface area contributed by atoms with Gasteiger partial charge in [-0.2, -0.15) is 10.5 Å². The second-order valence-corrected chi connectivity index (χ2v) is 5.43. The number of aryl methyl sites for hydroxylation is 1. The van der Waals surface area contributed by atoms with Gasteiger partial charge >= 0.3 is 0 Å². The van der Waals surface area contributed by atoms with E-state index in [1.54, 1.807) is 36.5 Å². The molecular weight excluding hydrogens is 298 g/mol. The summed E-state index contributed by atoms with van der Waals surface area (Å²) in [6.45, 7) is 1.93. The van der Waals surface area contributed by atoms with Crippen molar-refractivity contribution < 1.29 is 4.79 Å². The van der Waals surface area contributed by atoms with Crippen LogP contribution >= 0.6 is 0 Å². The van der Waals surface area contributed by atoms with Gasteiger partial charge in [0.05, 0.1) is 11.6 Å². The lowest BCUT2D eigenvalue weighted by Gasteiger charge is -2.01. The summed E-state index contributed by atoms with van der Waals surface area (Å²) in [6.07, 6.45) is 3.19. The molecular formula is C20H13N3O. The van der Waals surface area contributed by atoms with Crippen LogP contribution in [0.4, 0.5) is 0 Å². The number of allylic oxidation sites excluding steroid dienone is 1. The van der Waals surface area contributed by atoms with Crippen molar-refractivity contribution in [1.82, 2.24) is 4.98 Å². The van der Waals surface area contributed by atoms with Crippen LogP contribution in [0, 0.1) is 29.6 Å². The Bertz CT molecular complexity index is 1040. The van der Waals surface area contributed by atoms with E-state index in [9.17, 15) is 10.1 Å². The quantitative estimate of drug-likeness (QED) is 0.448. The van der Waals surface area contributed by atoms with Crippen molar-refractivity contribution in [2.75, 3.05) is 0 Å². The average molecular weight is 311 g/mol. The van der Waals surface area contributed by atoms with Crippen LogP contribution < -0.4 is 0 Å². The third kappa shape index (κ3) is 2.69. The topological polar surface area (TPSA) is 80.4 Å². The normalized spacial score (nSPS) is 11.0. The fraction of sp³-hybridized carbons (Fsp3) is 0.0500. The first-order valence-corrected chi connectivity index (χ1v) is 7.37. The Labute approximate surface area is 139 Å². The third-order valence-corrected chi connectivity index (χ3v) is 3.87. The fourth-order valence-corrected chi connectivity index (χ4v) is 2.66. The zero-order chi connectivity index (χ0) is 17.1. The lowest BCUT2D eigenvalue weighted by atomic mass is 9.99. The molecule has 4 heteroatoms. The van der Waals surface area contributed by atoms with E-state index in [-0.39, 0.29) is 11.4 Å². The molecule has 0 aliphatic heterocycles. The maximum Gasteiger partial charge on any atom is 0.205 e. The van der Waals surface area contributed by atoms with Gasteiger partial charge in [0.1, 0.15) is 11.6 Å². The molecule has 1 heterocycles. The number of aromatic amines is 1. The number of nitrogens with zero attached hydrogens (tertiary/aromatic N) is 2. The van der Waals surface area contributed by atoms with Crippen LogP contribution in [-0.4, -0.2) is 10.8 Å². The molecule has 4 nitrogen and oxygen atoms in total. The molecule has 0 radical (unpaired) electrons. The second kappa shape index (κ2) is 6.24. The van der Waals surface area contributed by atoms with Crippen LogP contribution in [0.25, 0.3) is 17.0 Å². The Balaban J connectivity index is 2.04. The first kappa shape index (κ1) is 15.3. The van der Waals surface area contributed by atoms with Gasteiger partial charge in [0.15, 0.2) is 0 Å². The van der Waals surface area contributed by atoms with Crippen LogP contribution in [0.1, 0.15) is 27.0 Å². The van der Waals surface area contributed by atoms with Gasteiger partial charge in [0.25, 0.3) is 0 Å². The molecule has 3 rings (SSSR count). The summed E-state index contributed by atoms with van der Waals surface area (Å²) in [5.74, 6) is -0.317. The number of nitrogens with one attached hydrogen (secondary N) is 1. The highest BCUT2D eigenvalue weighted by molar-refractivity contribution is 6.20. The highest BCUT2D eigenvalue weighted by Crippen LogP contribution is 2.25. The van der Waals surface area contributed by atoms with Crippen molar-refractivity contribution in [2.45, 2.75) is 6.92 Å². The molecule has 2 aromatic carbocycles. The summed E-state index contributed by atoms with van der Waals surface area (Å²) in [5.41, 5.74) is 3.63. The summed E-state index contributed by atoms with van der Waals surface area (Å²) in [6, 6.07) is 16.5. The third-order valence-electron chi connectivity index (χ3n) is 3.87. The van der Waals surface area contributed by atoms with Crippen LogP contribution in [0.5, 0.6) is 0 Å². The molecule has 0 saturated heterocycles. The van der Waals surface area contributed by atoms with Crippen LogP contribution in [0.3, 0.4) is 0 Å². The van der Waals surface area contributed by atoms with Crippen molar-refractivity contribution in [3.05, 3.63) is 76.5 Å². The summed E-state index contributed by atoms with van der Waals surface area (Å²) < 4.78 is 0. The zero-order valence-electron chi connectivity index (χ0n) is 13.0. The number of Topliss-reactive ketones (excluding diaryl/α,β-unsaturated/α-hetero) is 1. The van der Waals surface area contributed by atoms with Gasteiger partial charge in [0, 0.05) is 22.7 Å². The maximum atomic E-state index is 12.8. The second-order valence-electron chi connectivity index (χ2n) is 5.43. The number of carbonyl (C=O) groups is 1. The van der Waals surface area contributed by atoms with Gasteiger partial charge in [-0.15, -0.1) is 0 Å². The van der Waals surface area contributed by atoms with E-state index in [0.29, 0.717) is 16.7 Å². The molecule has 24 heavy (non-hydrogen) atoms. The van der Waals surface area contributed by atoms with Gasteiger partial charge in [-0.05, 0) is 42.3 Å². The summed E-state index contributed by atoms with van der Waals surface area (Å²) in [4.78, 5) is 15.8. The number of fused-ring (bicyclic) bond motifs is 1. The summed E-state index contributed by atoms with van der Waals surface area (Å²) in [7, 11) is 0. The highest BCUT2D eigenvalue weighted by Gasteiger charge is 2.17. The Morgan fingerprint density at radius 1 is 1.12 bits per heavy atom. The largest absolute Gasteiger partial charge is 0.360 e. The number of carbonyl (C=O) groups excluding carboxylic acids is 1.